The summed E-state index contributed by atoms with van der Waals surface area (Å²) in [6.45, 7) is 40.9. The van der Waals surface area contributed by atoms with Gasteiger partial charge in [-0.25, -0.2) is 0 Å². The van der Waals surface area contributed by atoms with Crippen LogP contribution in [-0.4, -0.2) is 0 Å². The summed E-state index contributed by atoms with van der Waals surface area (Å²) in [5.41, 5.74) is 44.0. The minimum Gasteiger partial charge on any atom is -0.0620 e. The van der Waals surface area contributed by atoms with Crippen molar-refractivity contribution < 1.29 is 0 Å². The average molecular weight is 1350 g/mol. The number of hydrogen-bond acceptors (Lipinski definition) is 0. The summed E-state index contributed by atoms with van der Waals surface area (Å²) >= 11 is 0. The highest BCUT2D eigenvalue weighted by Gasteiger charge is 2.10. The number of rotatable bonds is 7. The lowest BCUT2D eigenvalue weighted by molar-refractivity contribution is 1.31. The van der Waals surface area contributed by atoms with E-state index in [4.69, 9.17) is 0 Å². The highest BCUT2D eigenvalue weighted by atomic mass is 14.1. The smallest absolute Gasteiger partial charge is 0.0123 e. The zero-order valence-electron chi connectivity index (χ0n) is 64.9. The molecule has 14 aromatic rings. The van der Waals surface area contributed by atoms with Crippen LogP contribution in [0.3, 0.4) is 0 Å². The molecule has 0 saturated carbocycles. The van der Waals surface area contributed by atoms with Crippen molar-refractivity contribution in [2.45, 2.75) is 132 Å². The normalized spacial score (nSPS) is 10.3. The summed E-state index contributed by atoms with van der Waals surface area (Å²) in [4.78, 5) is 0. The summed E-state index contributed by atoms with van der Waals surface area (Å²) in [6.07, 6.45) is 0. The SMILES string of the molecule is Cc1ccc(-c2ccccc2C)cc1.Cc1cccc(-c2c(C)cc(C)cc2C)c1.Cc1cccc(-c2cc(C)cc(C)c2)c1.Cc1cccc(-c2ccc(C)cc2C)c1.Cc1cccc(-c2ccccc2C)c1.Cc1ccccc1-c1c(C)cccc1C.Cc1ccccc1-c1ccccc1C. The molecule has 520 valence electrons. The molecule has 0 atom stereocenters. The van der Waals surface area contributed by atoms with Gasteiger partial charge in [-0.2, -0.15) is 0 Å². The Morgan fingerprint density at radius 2 is 0.398 bits per heavy atom. The van der Waals surface area contributed by atoms with Crippen molar-refractivity contribution in [2.24, 2.45) is 0 Å². The van der Waals surface area contributed by atoms with Gasteiger partial charge in [-0.3, -0.25) is 0 Å². The molecular formula is C103H108. The maximum absolute atomic E-state index is 2.25. The van der Waals surface area contributed by atoms with Gasteiger partial charge in [0.2, 0.25) is 0 Å². The third kappa shape index (κ3) is 23.0. The van der Waals surface area contributed by atoms with E-state index in [1.54, 1.807) is 0 Å². The Balaban J connectivity index is 0.000000152. The fourth-order valence-electron chi connectivity index (χ4n) is 13.5. The number of benzene rings is 14. The van der Waals surface area contributed by atoms with Crippen LogP contribution in [0, 0.1) is 132 Å². The summed E-state index contributed by atoms with van der Waals surface area (Å²) in [6, 6.07) is 110. The first kappa shape index (κ1) is 77.8. The molecule has 0 aliphatic carbocycles. The summed E-state index contributed by atoms with van der Waals surface area (Å²) in [5, 5.41) is 0. The molecule has 14 aromatic carbocycles. The predicted molar refractivity (Wildman–Crippen MR) is 453 cm³/mol. The molecule has 0 bridgehead atoms. The fraction of sp³-hybridized carbons (Fsp3) is 0.184. The van der Waals surface area contributed by atoms with Crippen molar-refractivity contribution in [2.75, 3.05) is 0 Å². The molecule has 0 radical (unpaired) electrons. The van der Waals surface area contributed by atoms with E-state index in [1.165, 1.54) is 184 Å². The Labute approximate surface area is 620 Å². The third-order valence-corrected chi connectivity index (χ3v) is 18.7. The first-order valence-corrected chi connectivity index (χ1v) is 36.4. The summed E-state index contributed by atoms with van der Waals surface area (Å²) in [5.74, 6) is 0. The van der Waals surface area contributed by atoms with Gasteiger partial charge in [0.25, 0.3) is 0 Å². The van der Waals surface area contributed by atoms with E-state index < -0.39 is 0 Å². The fourth-order valence-corrected chi connectivity index (χ4v) is 13.5. The number of aryl methyl sites for hydroxylation is 19. The second-order valence-corrected chi connectivity index (χ2v) is 28.2. The Morgan fingerprint density at radius 1 is 0.117 bits per heavy atom. The first-order chi connectivity index (χ1) is 49.4. The first-order valence-electron chi connectivity index (χ1n) is 36.4. The van der Waals surface area contributed by atoms with Crippen LogP contribution in [0.2, 0.25) is 0 Å². The van der Waals surface area contributed by atoms with Gasteiger partial charge in [-0.05, 0) is 265 Å². The monoisotopic (exact) mass is 1340 g/mol. The van der Waals surface area contributed by atoms with E-state index in [0.717, 1.165) is 0 Å². The van der Waals surface area contributed by atoms with E-state index in [-0.39, 0.29) is 0 Å². The van der Waals surface area contributed by atoms with E-state index in [0.29, 0.717) is 0 Å². The molecule has 0 heteroatoms. The Kier molecular flexibility index (Phi) is 28.9. The zero-order valence-corrected chi connectivity index (χ0v) is 64.9. The quantitative estimate of drug-likeness (QED) is 0.149. The standard InChI is InChI=1S/C16H18.3C15H16.3C14H14/c1-11-6-5-7-15(10-11)16-13(3)8-12(2)9-14(16)4;1-11-7-4-5-10-14(11)15-12(2)8-6-9-13(15)3;1-11-5-4-6-14(8-11)15-9-12(2)7-13(3)10-15;1-11-5-4-6-14(10-11)15-8-7-12(2)9-13(15)3;1-11-7-3-5-9-13(11)14-10-6-4-8-12(14)2;1-11-6-5-8-13(10-11)14-9-4-3-7-12(14)2;1-11-7-9-13(10-8-11)14-6-4-3-5-12(14)2/h5-10H,1-4H3;3*4-10H,1-3H3;3*3-10H,1-2H3. The molecule has 0 heterocycles. The lowest BCUT2D eigenvalue weighted by Crippen LogP contribution is -1.90. The molecule has 103 heavy (non-hydrogen) atoms. The van der Waals surface area contributed by atoms with Gasteiger partial charge in [-0.15, -0.1) is 0 Å². The number of hydrogen-bond donors (Lipinski definition) is 0. The molecule has 0 fully saturated rings. The van der Waals surface area contributed by atoms with Gasteiger partial charge in [0, 0.05) is 0 Å². The third-order valence-electron chi connectivity index (χ3n) is 18.7. The van der Waals surface area contributed by atoms with Crippen LogP contribution in [0.5, 0.6) is 0 Å². The van der Waals surface area contributed by atoms with Crippen LogP contribution in [0.15, 0.2) is 309 Å². The molecule has 14 rings (SSSR count). The van der Waals surface area contributed by atoms with Crippen LogP contribution >= 0.6 is 0 Å². The summed E-state index contributed by atoms with van der Waals surface area (Å²) < 4.78 is 0. The molecule has 0 aliphatic rings. The second kappa shape index (κ2) is 38.2. The van der Waals surface area contributed by atoms with E-state index in [2.05, 4.69) is 441 Å². The van der Waals surface area contributed by atoms with Crippen LogP contribution in [0.1, 0.15) is 106 Å². The molecule has 0 amide bonds. The lowest BCUT2D eigenvalue weighted by atomic mass is 9.93. The van der Waals surface area contributed by atoms with Crippen molar-refractivity contribution in [3.05, 3.63) is 415 Å². The molecule has 0 spiro atoms. The van der Waals surface area contributed by atoms with Crippen molar-refractivity contribution >= 4 is 0 Å². The van der Waals surface area contributed by atoms with E-state index in [9.17, 15) is 0 Å². The van der Waals surface area contributed by atoms with Gasteiger partial charge < -0.3 is 0 Å². The summed E-state index contributed by atoms with van der Waals surface area (Å²) in [7, 11) is 0. The second-order valence-electron chi connectivity index (χ2n) is 28.2. The largest absolute Gasteiger partial charge is 0.0620 e. The average Bonchev–Trinajstić information content (AvgIpc) is 0.819. The molecule has 0 aromatic heterocycles. The minimum absolute atomic E-state index is 1.30. The van der Waals surface area contributed by atoms with Crippen LogP contribution in [-0.2, 0) is 0 Å². The lowest BCUT2D eigenvalue weighted by Gasteiger charge is -2.12. The molecular weight excluding hydrogens is 1240 g/mol. The topological polar surface area (TPSA) is 0 Å². The molecule has 0 saturated heterocycles. The van der Waals surface area contributed by atoms with Gasteiger partial charge in [0.15, 0.2) is 0 Å². The highest BCUT2D eigenvalue weighted by Crippen LogP contribution is 2.33. The predicted octanol–water partition coefficient (Wildman–Crippen LogP) is 29.3. The van der Waals surface area contributed by atoms with Gasteiger partial charge in [-0.1, -0.05) is 359 Å². The highest BCUT2D eigenvalue weighted by molar-refractivity contribution is 5.76. The van der Waals surface area contributed by atoms with Gasteiger partial charge >= 0.3 is 0 Å². The Bertz CT molecular complexity index is 4960. The van der Waals surface area contributed by atoms with E-state index >= 15 is 0 Å². The van der Waals surface area contributed by atoms with Crippen molar-refractivity contribution in [3.63, 3.8) is 0 Å². The van der Waals surface area contributed by atoms with Crippen LogP contribution in [0.25, 0.3) is 77.9 Å². The van der Waals surface area contributed by atoms with Crippen molar-refractivity contribution in [1.29, 1.82) is 0 Å². The van der Waals surface area contributed by atoms with Gasteiger partial charge in [0.05, 0.1) is 0 Å². The maximum Gasteiger partial charge on any atom is -0.0123 e. The zero-order chi connectivity index (χ0) is 74.1. The van der Waals surface area contributed by atoms with Crippen molar-refractivity contribution in [3.8, 4) is 77.9 Å². The van der Waals surface area contributed by atoms with Gasteiger partial charge in [0.1, 0.15) is 0 Å². The van der Waals surface area contributed by atoms with Crippen LogP contribution < -0.4 is 0 Å². The molecule has 0 N–H and O–H groups in total. The van der Waals surface area contributed by atoms with Crippen molar-refractivity contribution in [1.82, 2.24) is 0 Å². The Hall–Kier alpha value is -10.9. The maximum atomic E-state index is 2.25. The van der Waals surface area contributed by atoms with Crippen LogP contribution in [0.4, 0.5) is 0 Å². The Morgan fingerprint density at radius 3 is 0.806 bits per heavy atom. The molecule has 0 aliphatic heterocycles. The molecule has 0 unspecified atom stereocenters. The molecule has 0 nitrogen and oxygen atoms in total. The van der Waals surface area contributed by atoms with E-state index in [1.807, 2.05) is 0 Å². The minimum atomic E-state index is 1.30.